The van der Waals surface area contributed by atoms with Crippen molar-refractivity contribution < 1.29 is 0 Å². The Bertz CT molecular complexity index is 3410. The number of benzene rings is 10. The minimum Gasteiger partial charge on any atom is -0.310 e. The number of hydrogen-bond acceptors (Lipinski definition) is 1. The fraction of sp³-hybridized carbons (Fsp3) is 0.0625. The van der Waals surface area contributed by atoms with E-state index in [4.69, 9.17) is 0 Å². The van der Waals surface area contributed by atoms with Gasteiger partial charge in [0.25, 0.3) is 0 Å². The number of anilines is 3. The molecule has 0 saturated heterocycles. The first-order valence-corrected chi connectivity index (χ1v) is 26.3. The summed E-state index contributed by atoms with van der Waals surface area (Å²) < 4.78 is 0. The highest BCUT2D eigenvalue weighted by atomic mass is 28.3. The molecule has 66 heavy (non-hydrogen) atoms. The van der Waals surface area contributed by atoms with Gasteiger partial charge in [-0.05, 0) is 125 Å². The van der Waals surface area contributed by atoms with E-state index in [2.05, 4.69) is 267 Å². The molecule has 0 bridgehead atoms. The Kier molecular flexibility index (Phi) is 8.56. The number of hydrogen-bond donors (Lipinski definition) is 0. The zero-order valence-electron chi connectivity index (χ0n) is 37.1. The van der Waals surface area contributed by atoms with E-state index in [0.29, 0.717) is 0 Å². The zero-order valence-corrected chi connectivity index (χ0v) is 38.1. The van der Waals surface area contributed by atoms with Gasteiger partial charge in [0.1, 0.15) is 8.07 Å². The maximum absolute atomic E-state index is 2.54. The van der Waals surface area contributed by atoms with E-state index in [0.717, 1.165) is 17.1 Å². The van der Waals surface area contributed by atoms with Gasteiger partial charge in [-0.2, -0.15) is 0 Å². The van der Waals surface area contributed by atoms with Crippen LogP contribution in [0.5, 0.6) is 0 Å². The Hall–Kier alpha value is -7.78. The minimum atomic E-state index is -2.06. The van der Waals surface area contributed by atoms with Gasteiger partial charge in [-0.3, -0.25) is 0 Å². The smallest absolute Gasteiger partial charge is 0.113 e. The van der Waals surface area contributed by atoms with Gasteiger partial charge >= 0.3 is 0 Å². The van der Waals surface area contributed by atoms with Gasteiger partial charge in [0.15, 0.2) is 0 Å². The van der Waals surface area contributed by atoms with Crippen molar-refractivity contribution >= 4 is 35.5 Å². The summed E-state index contributed by atoms with van der Waals surface area (Å²) in [5.74, 6) is 0. The number of nitrogens with zero attached hydrogens (tertiary/aromatic N) is 1. The third-order valence-electron chi connectivity index (χ3n) is 15.2. The van der Waals surface area contributed by atoms with Crippen LogP contribution < -0.4 is 15.3 Å². The average molecular weight is 858 g/mol. The molecule has 1 nitrogen and oxygen atoms in total. The molecule has 2 heteroatoms. The Morgan fingerprint density at radius 2 is 0.652 bits per heavy atom. The van der Waals surface area contributed by atoms with Crippen molar-refractivity contribution in [3.8, 4) is 33.4 Å². The monoisotopic (exact) mass is 857 g/mol. The molecule has 0 amide bonds. The average Bonchev–Trinajstić information content (AvgIpc) is 3.85. The predicted octanol–water partition coefficient (Wildman–Crippen LogP) is 14.7. The Labute approximate surface area is 389 Å². The van der Waals surface area contributed by atoms with Gasteiger partial charge < -0.3 is 4.90 Å². The molecule has 312 valence electrons. The van der Waals surface area contributed by atoms with Crippen molar-refractivity contribution in [2.24, 2.45) is 0 Å². The second-order valence-corrected chi connectivity index (χ2v) is 23.1. The summed E-state index contributed by atoms with van der Waals surface area (Å²) >= 11 is 0. The highest BCUT2D eigenvalue weighted by Gasteiger charge is 2.54. The predicted molar refractivity (Wildman–Crippen MR) is 278 cm³/mol. The summed E-state index contributed by atoms with van der Waals surface area (Å²) in [6.45, 7) is 5.07. The highest BCUT2D eigenvalue weighted by Crippen LogP contribution is 2.60. The lowest BCUT2D eigenvalue weighted by Crippen LogP contribution is -2.63. The summed E-state index contributed by atoms with van der Waals surface area (Å²) in [7, 11) is -2.06. The summed E-state index contributed by atoms with van der Waals surface area (Å²) in [4.78, 5) is 2.51. The quantitative estimate of drug-likeness (QED) is 0.151. The molecule has 0 saturated carbocycles. The highest BCUT2D eigenvalue weighted by molar-refractivity contribution is 7.01. The number of rotatable bonds is 6. The molecule has 0 unspecified atom stereocenters. The molecular weight excluding hydrogens is 811 g/mol. The van der Waals surface area contributed by atoms with E-state index < -0.39 is 18.9 Å². The van der Waals surface area contributed by atoms with Crippen LogP contribution in [0.4, 0.5) is 17.1 Å². The van der Waals surface area contributed by atoms with E-state index >= 15 is 0 Å². The van der Waals surface area contributed by atoms with Crippen molar-refractivity contribution in [2.75, 3.05) is 4.90 Å². The largest absolute Gasteiger partial charge is 0.310 e. The van der Waals surface area contributed by atoms with Crippen LogP contribution in [0, 0.1) is 0 Å². The summed E-state index contributed by atoms with van der Waals surface area (Å²) in [6.07, 6.45) is 0. The van der Waals surface area contributed by atoms with Gasteiger partial charge in [-0.15, -0.1) is 0 Å². The van der Waals surface area contributed by atoms with E-state index in [1.165, 1.54) is 88.3 Å². The van der Waals surface area contributed by atoms with Gasteiger partial charge in [0.2, 0.25) is 0 Å². The van der Waals surface area contributed by atoms with E-state index in [1.54, 1.807) is 0 Å². The molecule has 10 aromatic rings. The lowest BCUT2D eigenvalue weighted by atomic mass is 9.67. The third kappa shape index (κ3) is 5.28. The first kappa shape index (κ1) is 38.7. The molecule has 13 rings (SSSR count). The molecule has 2 aliphatic carbocycles. The Morgan fingerprint density at radius 1 is 0.288 bits per heavy atom. The van der Waals surface area contributed by atoms with Crippen molar-refractivity contribution in [2.45, 2.75) is 23.9 Å². The minimum absolute atomic E-state index is 0.476. The van der Waals surface area contributed by atoms with Gasteiger partial charge in [0, 0.05) is 17.1 Å². The molecule has 1 aliphatic heterocycles. The Balaban J connectivity index is 1.09. The van der Waals surface area contributed by atoms with Crippen LogP contribution in [0.25, 0.3) is 33.4 Å². The number of fused-ring (bicyclic) bond motifs is 12. The molecule has 0 atom stereocenters. The van der Waals surface area contributed by atoms with Crippen molar-refractivity contribution in [1.82, 2.24) is 0 Å². The SMILES string of the molecule is C[Si]1(C)c2ccccc2C2(c3ccccc3-c3ccc(N(c4ccc(-c5ccccc5)cc4)c4ccc5c(c4)C(c4ccccc4)(c4ccccc4)c4ccccc4-5)cc32)c2ccccc21. The topological polar surface area (TPSA) is 3.24 Å². The van der Waals surface area contributed by atoms with Gasteiger partial charge in [-0.25, -0.2) is 0 Å². The first-order valence-electron chi connectivity index (χ1n) is 23.3. The normalized spacial score (nSPS) is 14.9. The molecule has 0 radical (unpaired) electrons. The standard InChI is InChI=1S/C64H47NSi/c1-66(2)61-32-18-16-30-57(61)64(58-31-17-19-33-62(58)66)56-29-15-13-27-52(56)54-41-39-50(43-60(54)64)65(48-36-34-45(35-37-48)44-20-6-3-7-21-44)49-38-40-53-51-26-12-14-28-55(51)63(59(53)42-49,46-22-8-4-9-23-46)47-24-10-5-11-25-47/h3-43H,1-2H3. The lowest BCUT2D eigenvalue weighted by Gasteiger charge is -2.46. The van der Waals surface area contributed by atoms with Crippen LogP contribution in [-0.4, -0.2) is 8.07 Å². The first-order chi connectivity index (χ1) is 32.5. The fourth-order valence-corrected chi connectivity index (χ4v) is 15.6. The molecule has 10 aromatic carbocycles. The molecule has 1 spiro atoms. The lowest BCUT2D eigenvalue weighted by molar-refractivity contribution is 0.768. The molecular formula is C64H47NSi. The summed E-state index contributed by atoms with van der Waals surface area (Å²) in [6, 6.07) is 93.7. The van der Waals surface area contributed by atoms with Crippen molar-refractivity contribution in [3.05, 3.63) is 293 Å². The van der Waals surface area contributed by atoms with Gasteiger partial charge in [-0.1, -0.05) is 225 Å². The van der Waals surface area contributed by atoms with Crippen molar-refractivity contribution in [3.63, 3.8) is 0 Å². The third-order valence-corrected chi connectivity index (χ3v) is 18.8. The maximum atomic E-state index is 2.54. The molecule has 1 heterocycles. The van der Waals surface area contributed by atoms with Crippen LogP contribution in [0.3, 0.4) is 0 Å². The van der Waals surface area contributed by atoms with Crippen LogP contribution >= 0.6 is 0 Å². The summed E-state index contributed by atoms with van der Waals surface area (Å²) in [5, 5.41) is 3.03. The molecule has 0 fully saturated rings. The molecule has 3 aliphatic rings. The maximum Gasteiger partial charge on any atom is 0.113 e. The molecule has 0 aromatic heterocycles. The fourth-order valence-electron chi connectivity index (χ4n) is 12.4. The van der Waals surface area contributed by atoms with Crippen LogP contribution in [-0.2, 0) is 10.8 Å². The van der Waals surface area contributed by atoms with Crippen LogP contribution in [0.1, 0.15) is 44.5 Å². The van der Waals surface area contributed by atoms with E-state index in [9.17, 15) is 0 Å². The van der Waals surface area contributed by atoms with E-state index in [1.807, 2.05) is 0 Å². The van der Waals surface area contributed by atoms with Crippen molar-refractivity contribution in [1.29, 1.82) is 0 Å². The van der Waals surface area contributed by atoms with Crippen LogP contribution in [0.15, 0.2) is 249 Å². The molecule has 0 N–H and O–H groups in total. The van der Waals surface area contributed by atoms with Gasteiger partial charge in [0.05, 0.1) is 10.8 Å². The summed E-state index contributed by atoms with van der Waals surface area (Å²) in [5.41, 5.74) is 20.6. The second-order valence-electron chi connectivity index (χ2n) is 18.7. The van der Waals surface area contributed by atoms with Crippen LogP contribution in [0.2, 0.25) is 13.1 Å². The second kappa shape index (κ2) is 14.6. The zero-order chi connectivity index (χ0) is 44.0. The van der Waals surface area contributed by atoms with E-state index in [-0.39, 0.29) is 0 Å². The Morgan fingerprint density at radius 3 is 1.17 bits per heavy atom.